The number of ether oxygens (including phenoxy) is 4. The molecule has 0 spiro atoms. The molecule has 1 aromatic heterocycles. The Morgan fingerprint density at radius 2 is 1.95 bits per heavy atom. The Hall–Kier alpha value is -2.64. The Balaban J connectivity index is 1.98. The Bertz CT molecular complexity index is 1640. The molecule has 0 bridgehead atoms. The first-order valence-electron chi connectivity index (χ1n) is 12.2. The second-order valence-corrected chi connectivity index (χ2v) is 12.0. The highest BCUT2D eigenvalue weighted by molar-refractivity contribution is 14.1. The van der Waals surface area contributed by atoms with E-state index in [1.165, 1.54) is 11.3 Å². The van der Waals surface area contributed by atoms with Gasteiger partial charge < -0.3 is 18.9 Å². The van der Waals surface area contributed by atoms with Crippen molar-refractivity contribution in [2.45, 2.75) is 39.8 Å². The summed E-state index contributed by atoms with van der Waals surface area (Å²) in [5.74, 6) is 1.20. The van der Waals surface area contributed by atoms with Crippen LogP contribution in [0, 0.1) is 3.57 Å². The summed E-state index contributed by atoms with van der Waals surface area (Å²) in [5.41, 5.74) is 1.92. The van der Waals surface area contributed by atoms with Crippen molar-refractivity contribution in [3.05, 3.63) is 80.5 Å². The minimum Gasteiger partial charge on any atom is -0.495 e. The summed E-state index contributed by atoms with van der Waals surface area (Å²) in [4.78, 5) is 32.3. The number of allylic oxidation sites excluding steroid dienone is 1. The maximum atomic E-state index is 14.0. The summed E-state index contributed by atoms with van der Waals surface area (Å²) in [5, 5.41) is 0. The van der Waals surface area contributed by atoms with Crippen LogP contribution in [0.25, 0.3) is 6.08 Å². The van der Waals surface area contributed by atoms with Gasteiger partial charge in [0.05, 0.1) is 52.3 Å². The van der Waals surface area contributed by atoms with Crippen molar-refractivity contribution in [2.75, 3.05) is 20.8 Å². The molecule has 0 N–H and O–H groups in total. The van der Waals surface area contributed by atoms with E-state index in [0.717, 1.165) is 13.6 Å². The number of hydrogen-bond acceptors (Lipinski definition) is 8. The molecule has 0 fully saturated rings. The van der Waals surface area contributed by atoms with Gasteiger partial charge in [0.1, 0.15) is 5.75 Å². The molecule has 0 amide bonds. The van der Waals surface area contributed by atoms with Gasteiger partial charge in [-0.3, -0.25) is 9.36 Å². The molecule has 2 heterocycles. The monoisotopic (exact) mass is 726 g/mol. The minimum absolute atomic E-state index is 0.0577. The van der Waals surface area contributed by atoms with Gasteiger partial charge in [0.25, 0.3) is 5.56 Å². The first-order chi connectivity index (χ1) is 18.6. The van der Waals surface area contributed by atoms with Gasteiger partial charge in [0, 0.05) is 10.0 Å². The number of methoxy groups -OCH3 is 2. The molecule has 0 unspecified atom stereocenters. The predicted molar refractivity (Wildman–Crippen MR) is 163 cm³/mol. The number of aromatic nitrogens is 1. The van der Waals surface area contributed by atoms with Crippen LogP contribution in [0.5, 0.6) is 17.2 Å². The topological polar surface area (TPSA) is 88.4 Å². The van der Waals surface area contributed by atoms with Crippen molar-refractivity contribution in [3.8, 4) is 17.2 Å². The zero-order valence-electron chi connectivity index (χ0n) is 22.3. The van der Waals surface area contributed by atoms with Crippen LogP contribution in [0.2, 0.25) is 0 Å². The van der Waals surface area contributed by atoms with Crippen LogP contribution < -0.4 is 29.1 Å². The number of benzene rings is 2. The van der Waals surface area contributed by atoms with E-state index in [2.05, 4.69) is 43.5 Å². The zero-order chi connectivity index (χ0) is 28.4. The van der Waals surface area contributed by atoms with Crippen LogP contribution >= 0.6 is 49.9 Å². The molecule has 39 heavy (non-hydrogen) atoms. The molecule has 0 saturated heterocycles. The number of esters is 1. The number of fused-ring (bicyclic) bond motifs is 1. The van der Waals surface area contributed by atoms with Gasteiger partial charge in [-0.05, 0) is 86.2 Å². The molecule has 8 nitrogen and oxygen atoms in total. The Morgan fingerprint density at radius 1 is 1.21 bits per heavy atom. The fourth-order valence-corrected chi connectivity index (χ4v) is 7.16. The number of rotatable bonds is 8. The van der Waals surface area contributed by atoms with Gasteiger partial charge in [-0.15, -0.1) is 0 Å². The number of halogens is 2. The van der Waals surface area contributed by atoms with Crippen LogP contribution in [0.15, 0.2) is 55.9 Å². The van der Waals surface area contributed by atoms with E-state index < -0.39 is 12.0 Å². The van der Waals surface area contributed by atoms with Crippen molar-refractivity contribution in [1.82, 2.24) is 4.57 Å². The summed E-state index contributed by atoms with van der Waals surface area (Å²) >= 11 is 6.97. The molecular formula is C28H28BrIN2O6S. The van der Waals surface area contributed by atoms with Crippen LogP contribution in [-0.2, 0) is 9.53 Å². The largest absolute Gasteiger partial charge is 0.495 e. The van der Waals surface area contributed by atoms with E-state index >= 15 is 0 Å². The smallest absolute Gasteiger partial charge is 0.338 e. The summed E-state index contributed by atoms with van der Waals surface area (Å²) in [6.07, 6.45) is 1.73. The molecule has 206 valence electrons. The highest BCUT2D eigenvalue weighted by atomic mass is 127. The van der Waals surface area contributed by atoms with Crippen molar-refractivity contribution in [2.24, 2.45) is 4.99 Å². The molecule has 0 aliphatic carbocycles. The SMILES string of the molecule is CCOC(=O)C1=C(C)N=c2s/c(=C/c3cc(Br)cc(I)c3OC)c(=O)n2[C@@H]1c1ccc(OC(C)C)c(OC)c1. The number of thiazole rings is 1. The second-order valence-electron chi connectivity index (χ2n) is 8.89. The minimum atomic E-state index is -0.769. The van der Waals surface area contributed by atoms with Crippen molar-refractivity contribution >= 4 is 61.9 Å². The molecule has 1 aliphatic heterocycles. The van der Waals surface area contributed by atoms with Gasteiger partial charge in [-0.2, -0.15) is 0 Å². The summed E-state index contributed by atoms with van der Waals surface area (Å²) in [7, 11) is 3.15. The molecule has 3 aromatic rings. The lowest BCUT2D eigenvalue weighted by molar-refractivity contribution is -0.139. The fourth-order valence-electron chi connectivity index (χ4n) is 4.36. The van der Waals surface area contributed by atoms with Crippen molar-refractivity contribution < 1.29 is 23.7 Å². The standard InChI is InChI=1S/C28H28BrIN2O6S/c1-7-37-27(34)23-15(4)31-28-32(24(23)16-8-9-20(38-14(2)3)21(11-16)35-5)26(33)22(39-28)12-17-10-18(29)13-19(30)25(17)36-6/h8-14,24H,7H2,1-6H3/b22-12+/t24-/m1/s1. The molecule has 1 atom stereocenters. The van der Waals surface area contributed by atoms with E-state index in [4.69, 9.17) is 18.9 Å². The summed E-state index contributed by atoms with van der Waals surface area (Å²) < 4.78 is 26.3. The maximum absolute atomic E-state index is 14.0. The van der Waals surface area contributed by atoms with E-state index in [9.17, 15) is 9.59 Å². The van der Waals surface area contributed by atoms with Gasteiger partial charge in [-0.1, -0.05) is 33.3 Å². The quantitative estimate of drug-likeness (QED) is 0.241. The van der Waals surface area contributed by atoms with Crippen molar-refractivity contribution in [3.63, 3.8) is 0 Å². The zero-order valence-corrected chi connectivity index (χ0v) is 26.9. The van der Waals surface area contributed by atoms with Gasteiger partial charge in [-0.25, -0.2) is 9.79 Å². The van der Waals surface area contributed by atoms with E-state index in [1.807, 2.05) is 32.0 Å². The Kier molecular flexibility index (Phi) is 9.22. The van der Waals surface area contributed by atoms with Crippen LogP contribution in [-0.4, -0.2) is 37.5 Å². The van der Waals surface area contributed by atoms with Crippen LogP contribution in [0.1, 0.15) is 44.9 Å². The molecule has 11 heteroatoms. The van der Waals surface area contributed by atoms with Gasteiger partial charge >= 0.3 is 5.97 Å². The predicted octanol–water partition coefficient (Wildman–Crippen LogP) is 4.97. The second kappa shape index (κ2) is 12.3. The summed E-state index contributed by atoms with van der Waals surface area (Å²) in [6.45, 7) is 7.54. The van der Waals surface area contributed by atoms with Gasteiger partial charge in [0.15, 0.2) is 16.3 Å². The van der Waals surface area contributed by atoms with E-state index in [0.29, 0.717) is 43.4 Å². The molecular weight excluding hydrogens is 699 g/mol. The fraction of sp³-hybridized carbons (Fsp3) is 0.321. The third-order valence-electron chi connectivity index (χ3n) is 5.91. The molecule has 2 aromatic carbocycles. The maximum Gasteiger partial charge on any atom is 0.338 e. The summed E-state index contributed by atoms with van der Waals surface area (Å²) in [6, 6.07) is 8.47. The number of carbonyl (C=O) groups is 1. The average Bonchev–Trinajstić information content (AvgIpc) is 3.17. The molecule has 0 radical (unpaired) electrons. The van der Waals surface area contributed by atoms with E-state index in [1.54, 1.807) is 50.8 Å². The number of hydrogen-bond donors (Lipinski definition) is 0. The molecule has 1 aliphatic rings. The Morgan fingerprint density at radius 3 is 2.59 bits per heavy atom. The van der Waals surface area contributed by atoms with E-state index in [-0.39, 0.29) is 18.3 Å². The normalized spacial score (nSPS) is 15.2. The van der Waals surface area contributed by atoms with Crippen LogP contribution in [0.3, 0.4) is 0 Å². The van der Waals surface area contributed by atoms with Crippen LogP contribution in [0.4, 0.5) is 0 Å². The number of nitrogens with zero attached hydrogens (tertiary/aromatic N) is 2. The third-order valence-corrected chi connectivity index (χ3v) is 8.15. The lowest BCUT2D eigenvalue weighted by atomic mass is 9.95. The number of carbonyl (C=O) groups excluding carboxylic acids is 1. The lowest BCUT2D eigenvalue weighted by Crippen LogP contribution is -2.40. The van der Waals surface area contributed by atoms with Crippen molar-refractivity contribution in [1.29, 1.82) is 0 Å². The molecule has 4 rings (SSSR count). The highest BCUT2D eigenvalue weighted by Gasteiger charge is 2.34. The average molecular weight is 727 g/mol. The third kappa shape index (κ3) is 5.94. The van der Waals surface area contributed by atoms with Gasteiger partial charge in [0.2, 0.25) is 0 Å². The molecule has 0 saturated carbocycles. The highest BCUT2D eigenvalue weighted by Crippen LogP contribution is 2.36. The first-order valence-corrected chi connectivity index (χ1v) is 14.9. The lowest BCUT2D eigenvalue weighted by Gasteiger charge is -2.25. The Labute approximate surface area is 252 Å². The first kappa shape index (κ1) is 29.3.